The summed E-state index contributed by atoms with van der Waals surface area (Å²) >= 11 is 0. The van der Waals surface area contributed by atoms with Crippen LogP contribution in [0.3, 0.4) is 0 Å². The molecular formula is C23H27N3O4. The molecule has 0 aliphatic carbocycles. The fourth-order valence-corrected chi connectivity index (χ4v) is 2.92. The molecule has 0 atom stereocenters. The molecule has 0 radical (unpaired) electrons. The van der Waals surface area contributed by atoms with E-state index in [1.54, 1.807) is 14.2 Å². The van der Waals surface area contributed by atoms with Gasteiger partial charge in [0, 0.05) is 18.4 Å². The van der Waals surface area contributed by atoms with E-state index in [2.05, 4.69) is 36.2 Å². The second kappa shape index (κ2) is 8.98. The van der Waals surface area contributed by atoms with E-state index in [0.717, 1.165) is 16.9 Å². The lowest BCUT2D eigenvalue weighted by atomic mass is 9.87. The van der Waals surface area contributed by atoms with Crippen molar-refractivity contribution in [3.63, 3.8) is 0 Å². The lowest BCUT2D eigenvalue weighted by Gasteiger charge is -2.21. The second-order valence-electron chi connectivity index (χ2n) is 7.95. The van der Waals surface area contributed by atoms with Crippen LogP contribution in [0.15, 0.2) is 47.0 Å². The van der Waals surface area contributed by atoms with Crippen LogP contribution < -0.4 is 14.8 Å². The molecular weight excluding hydrogens is 382 g/mol. The van der Waals surface area contributed by atoms with Crippen LogP contribution in [0.25, 0.3) is 11.4 Å². The predicted octanol–water partition coefficient (Wildman–Crippen LogP) is 4.62. The van der Waals surface area contributed by atoms with Crippen molar-refractivity contribution in [3.05, 3.63) is 53.9 Å². The van der Waals surface area contributed by atoms with Crippen LogP contribution >= 0.6 is 0 Å². The van der Waals surface area contributed by atoms with Crippen LogP contribution in [0.5, 0.6) is 11.5 Å². The number of methoxy groups -OCH3 is 2. The van der Waals surface area contributed by atoms with Gasteiger partial charge in [-0.15, -0.1) is 0 Å². The monoisotopic (exact) mass is 409 g/mol. The molecule has 0 aliphatic rings. The number of amides is 1. The number of hydrogen-bond acceptors (Lipinski definition) is 6. The highest BCUT2D eigenvalue weighted by Gasteiger charge is 2.17. The number of nitrogens with one attached hydrogen (secondary N) is 1. The first-order chi connectivity index (χ1) is 14.3. The molecule has 2 aromatic carbocycles. The van der Waals surface area contributed by atoms with Crippen molar-refractivity contribution in [2.24, 2.45) is 0 Å². The van der Waals surface area contributed by atoms with Crippen molar-refractivity contribution in [1.82, 2.24) is 10.1 Å². The van der Waals surface area contributed by atoms with Gasteiger partial charge in [0.1, 0.15) is 11.5 Å². The molecule has 0 aliphatic heterocycles. The Balaban J connectivity index is 1.63. The normalized spacial score (nSPS) is 11.2. The Morgan fingerprint density at radius 2 is 1.80 bits per heavy atom. The zero-order valence-corrected chi connectivity index (χ0v) is 18.0. The summed E-state index contributed by atoms with van der Waals surface area (Å²) < 4.78 is 15.8. The van der Waals surface area contributed by atoms with Crippen LogP contribution in [0, 0.1) is 0 Å². The maximum absolute atomic E-state index is 12.5. The van der Waals surface area contributed by atoms with E-state index >= 15 is 0 Å². The Hall–Kier alpha value is -3.35. The summed E-state index contributed by atoms with van der Waals surface area (Å²) in [6.45, 7) is 6.36. The molecule has 1 N–H and O–H groups in total. The molecule has 30 heavy (non-hydrogen) atoms. The average Bonchev–Trinajstić information content (AvgIpc) is 3.20. The van der Waals surface area contributed by atoms with Crippen molar-refractivity contribution in [1.29, 1.82) is 0 Å². The third-order valence-electron chi connectivity index (χ3n) is 4.72. The highest BCUT2D eigenvalue weighted by atomic mass is 16.5. The van der Waals surface area contributed by atoms with E-state index < -0.39 is 0 Å². The molecule has 0 saturated heterocycles. The van der Waals surface area contributed by atoms with Crippen molar-refractivity contribution in [2.45, 2.75) is 39.0 Å². The molecule has 158 valence electrons. The van der Waals surface area contributed by atoms with Gasteiger partial charge in [0.05, 0.1) is 19.9 Å². The molecule has 0 unspecified atom stereocenters. The third kappa shape index (κ3) is 5.17. The summed E-state index contributed by atoms with van der Waals surface area (Å²) in [5, 5.41) is 6.92. The molecule has 0 bridgehead atoms. The van der Waals surface area contributed by atoms with Gasteiger partial charge in [-0.25, -0.2) is 0 Å². The molecule has 0 fully saturated rings. The molecule has 3 rings (SSSR count). The number of carbonyl (C=O) groups is 1. The van der Waals surface area contributed by atoms with E-state index in [1.165, 1.54) is 0 Å². The largest absolute Gasteiger partial charge is 0.497 e. The number of aryl methyl sites for hydroxylation is 1. The molecule has 7 nitrogen and oxygen atoms in total. The van der Waals surface area contributed by atoms with Gasteiger partial charge >= 0.3 is 0 Å². The van der Waals surface area contributed by atoms with E-state index in [1.807, 2.05) is 42.5 Å². The zero-order chi connectivity index (χ0) is 21.7. The van der Waals surface area contributed by atoms with Crippen LogP contribution in [0.2, 0.25) is 0 Å². The highest BCUT2D eigenvalue weighted by Crippen LogP contribution is 2.31. The fourth-order valence-electron chi connectivity index (χ4n) is 2.92. The van der Waals surface area contributed by atoms with Crippen LogP contribution in [-0.4, -0.2) is 30.3 Å². The first-order valence-corrected chi connectivity index (χ1v) is 9.75. The predicted molar refractivity (Wildman–Crippen MR) is 115 cm³/mol. The Bertz CT molecular complexity index is 1000. The van der Waals surface area contributed by atoms with Gasteiger partial charge in [-0.05, 0) is 47.4 Å². The van der Waals surface area contributed by atoms with Gasteiger partial charge in [-0.1, -0.05) is 32.0 Å². The Kier molecular flexibility index (Phi) is 6.40. The third-order valence-corrected chi connectivity index (χ3v) is 4.72. The Labute approximate surface area is 176 Å². The fraction of sp³-hybridized carbons (Fsp3) is 0.348. The van der Waals surface area contributed by atoms with E-state index in [-0.39, 0.29) is 17.7 Å². The van der Waals surface area contributed by atoms with Crippen molar-refractivity contribution < 1.29 is 18.8 Å². The number of hydrogen-bond donors (Lipinski definition) is 1. The molecule has 3 aromatic rings. The number of anilines is 1. The van der Waals surface area contributed by atoms with Gasteiger partial charge in [0.15, 0.2) is 0 Å². The summed E-state index contributed by atoms with van der Waals surface area (Å²) in [5.74, 6) is 2.11. The minimum Gasteiger partial charge on any atom is -0.497 e. The second-order valence-corrected chi connectivity index (χ2v) is 7.95. The number of carbonyl (C=O) groups excluding carboxylic acids is 1. The Morgan fingerprint density at radius 1 is 1.07 bits per heavy atom. The summed E-state index contributed by atoms with van der Waals surface area (Å²) in [4.78, 5) is 16.9. The smallest absolute Gasteiger partial charge is 0.227 e. The maximum Gasteiger partial charge on any atom is 0.227 e. The summed E-state index contributed by atoms with van der Waals surface area (Å²) in [7, 11) is 3.20. The van der Waals surface area contributed by atoms with Crippen LogP contribution in [-0.2, 0) is 16.6 Å². The number of rotatable bonds is 7. The lowest BCUT2D eigenvalue weighted by Crippen LogP contribution is -2.16. The standard InChI is InChI=1S/C23H27N3O4/c1-23(2,3)16-8-11-19(29-5)18(14-16)24-20(27)12-13-21-25-22(26-30-21)15-6-9-17(28-4)10-7-15/h6-11,14H,12-13H2,1-5H3,(H,24,27). The van der Waals surface area contributed by atoms with E-state index in [9.17, 15) is 4.79 Å². The molecule has 0 spiro atoms. The summed E-state index contributed by atoms with van der Waals surface area (Å²) in [5.41, 5.74) is 2.55. The number of nitrogens with zero attached hydrogens (tertiary/aromatic N) is 2. The van der Waals surface area contributed by atoms with Crippen molar-refractivity contribution in [3.8, 4) is 22.9 Å². The van der Waals surface area contributed by atoms with Gasteiger partial charge < -0.3 is 19.3 Å². The minimum absolute atomic E-state index is 0.0344. The topological polar surface area (TPSA) is 86.5 Å². The molecule has 7 heteroatoms. The first kappa shape index (κ1) is 21.4. The maximum atomic E-state index is 12.5. The van der Waals surface area contributed by atoms with E-state index in [0.29, 0.717) is 29.6 Å². The van der Waals surface area contributed by atoms with Crippen molar-refractivity contribution >= 4 is 11.6 Å². The van der Waals surface area contributed by atoms with Gasteiger partial charge in [0.2, 0.25) is 17.6 Å². The van der Waals surface area contributed by atoms with Gasteiger partial charge in [-0.3, -0.25) is 4.79 Å². The summed E-state index contributed by atoms with van der Waals surface area (Å²) in [6, 6.07) is 13.2. The summed E-state index contributed by atoms with van der Waals surface area (Å²) in [6.07, 6.45) is 0.559. The number of ether oxygens (including phenoxy) is 2. The van der Waals surface area contributed by atoms with Crippen molar-refractivity contribution in [2.75, 3.05) is 19.5 Å². The van der Waals surface area contributed by atoms with E-state index in [4.69, 9.17) is 14.0 Å². The van der Waals surface area contributed by atoms with Crippen LogP contribution in [0.4, 0.5) is 5.69 Å². The molecule has 0 saturated carbocycles. The number of benzene rings is 2. The average molecular weight is 409 g/mol. The van der Waals surface area contributed by atoms with Crippen LogP contribution in [0.1, 0.15) is 38.6 Å². The first-order valence-electron chi connectivity index (χ1n) is 9.75. The lowest BCUT2D eigenvalue weighted by molar-refractivity contribution is -0.116. The number of aromatic nitrogens is 2. The Morgan fingerprint density at radius 3 is 2.43 bits per heavy atom. The molecule has 1 heterocycles. The minimum atomic E-state index is -0.149. The SMILES string of the molecule is COc1ccc(-c2noc(CCC(=O)Nc3cc(C(C)(C)C)ccc3OC)n2)cc1. The molecule has 1 aromatic heterocycles. The highest BCUT2D eigenvalue weighted by molar-refractivity contribution is 5.92. The van der Waals surface area contributed by atoms with Gasteiger partial charge in [-0.2, -0.15) is 4.98 Å². The quantitative estimate of drug-likeness (QED) is 0.613. The molecule has 1 amide bonds. The zero-order valence-electron chi connectivity index (χ0n) is 18.0. The van der Waals surface area contributed by atoms with Gasteiger partial charge in [0.25, 0.3) is 0 Å².